The highest BCUT2D eigenvalue weighted by Crippen LogP contribution is 2.37. The number of halogens is 2. The van der Waals surface area contributed by atoms with E-state index in [0.29, 0.717) is 16.1 Å². The standard InChI is InChI=1S/C14H8Cl2N2O4/c15-5-1-7(12(20)8(16)2-5)13-17-9-3-6(14(21)22)11(19)4-10(9)18-13/h1-4,19-20H,(H,17,18)(H,21,22). The molecule has 0 saturated heterocycles. The van der Waals surface area contributed by atoms with E-state index in [0.717, 1.165) is 0 Å². The summed E-state index contributed by atoms with van der Waals surface area (Å²) in [5.74, 6) is -1.61. The number of imidazole rings is 1. The third kappa shape index (κ3) is 2.32. The highest BCUT2D eigenvalue weighted by molar-refractivity contribution is 6.36. The Morgan fingerprint density at radius 1 is 1.14 bits per heavy atom. The van der Waals surface area contributed by atoms with Crippen LogP contribution in [0.4, 0.5) is 0 Å². The number of aromatic nitrogens is 2. The first-order chi connectivity index (χ1) is 10.4. The molecule has 6 nitrogen and oxygen atoms in total. The first-order valence-corrected chi connectivity index (χ1v) is 6.77. The number of carbonyl (C=O) groups is 1. The summed E-state index contributed by atoms with van der Waals surface area (Å²) in [7, 11) is 0. The summed E-state index contributed by atoms with van der Waals surface area (Å²) in [4.78, 5) is 18.1. The van der Waals surface area contributed by atoms with Gasteiger partial charge in [0.25, 0.3) is 0 Å². The molecule has 4 N–H and O–H groups in total. The van der Waals surface area contributed by atoms with Crippen LogP contribution < -0.4 is 0 Å². The van der Waals surface area contributed by atoms with Gasteiger partial charge in [0.15, 0.2) is 0 Å². The van der Waals surface area contributed by atoms with E-state index in [1.807, 2.05) is 0 Å². The molecule has 0 spiro atoms. The molecule has 0 radical (unpaired) electrons. The minimum atomic E-state index is -1.26. The highest BCUT2D eigenvalue weighted by atomic mass is 35.5. The molecule has 0 aliphatic carbocycles. The van der Waals surface area contributed by atoms with Crippen molar-refractivity contribution in [1.82, 2.24) is 9.97 Å². The Morgan fingerprint density at radius 3 is 2.55 bits per heavy atom. The maximum absolute atomic E-state index is 11.0. The van der Waals surface area contributed by atoms with Gasteiger partial charge in [0, 0.05) is 11.1 Å². The predicted octanol–water partition coefficient (Wildman–Crippen LogP) is 3.65. The molecule has 1 aromatic heterocycles. The van der Waals surface area contributed by atoms with E-state index in [2.05, 4.69) is 9.97 Å². The van der Waals surface area contributed by atoms with Gasteiger partial charge in [-0.1, -0.05) is 23.2 Å². The molecule has 0 amide bonds. The van der Waals surface area contributed by atoms with Gasteiger partial charge >= 0.3 is 5.97 Å². The Balaban J connectivity index is 2.23. The molecule has 0 atom stereocenters. The number of rotatable bonds is 2. The zero-order chi connectivity index (χ0) is 16.0. The lowest BCUT2D eigenvalue weighted by atomic mass is 10.2. The van der Waals surface area contributed by atoms with Crippen LogP contribution in [-0.2, 0) is 0 Å². The summed E-state index contributed by atoms with van der Waals surface area (Å²) in [6.07, 6.45) is 0. The van der Waals surface area contributed by atoms with Crippen molar-refractivity contribution < 1.29 is 20.1 Å². The van der Waals surface area contributed by atoms with E-state index in [1.165, 1.54) is 24.3 Å². The number of phenolic OH excluding ortho intramolecular Hbond substituents is 1. The van der Waals surface area contributed by atoms with Crippen molar-refractivity contribution in [3.05, 3.63) is 39.9 Å². The number of carboxylic acids is 1. The molecule has 8 heteroatoms. The molecule has 2 aromatic carbocycles. The normalized spacial score (nSPS) is 11.0. The third-order valence-corrected chi connectivity index (χ3v) is 3.62. The fourth-order valence-electron chi connectivity index (χ4n) is 2.09. The van der Waals surface area contributed by atoms with Gasteiger partial charge in [0.2, 0.25) is 0 Å². The number of carboxylic acid groups (broad SMARTS) is 1. The topological polar surface area (TPSA) is 106 Å². The van der Waals surface area contributed by atoms with Crippen molar-refractivity contribution >= 4 is 40.2 Å². The SMILES string of the molecule is O=C(O)c1cc2[nH]c(-c3cc(Cl)cc(Cl)c3O)nc2cc1O. The Bertz CT molecular complexity index is 921. The summed E-state index contributed by atoms with van der Waals surface area (Å²) in [5, 5.41) is 29.1. The number of aromatic hydroxyl groups is 2. The van der Waals surface area contributed by atoms with E-state index in [-0.39, 0.29) is 27.7 Å². The lowest BCUT2D eigenvalue weighted by molar-refractivity contribution is 0.0694. The quantitative estimate of drug-likeness (QED) is 0.570. The van der Waals surface area contributed by atoms with Crippen molar-refractivity contribution in [2.45, 2.75) is 0 Å². The third-order valence-electron chi connectivity index (χ3n) is 3.11. The number of benzene rings is 2. The van der Waals surface area contributed by atoms with Crippen molar-refractivity contribution in [2.24, 2.45) is 0 Å². The molecule has 3 aromatic rings. The maximum Gasteiger partial charge on any atom is 0.339 e. The van der Waals surface area contributed by atoms with Gasteiger partial charge in [-0.15, -0.1) is 0 Å². The second kappa shape index (κ2) is 5.08. The lowest BCUT2D eigenvalue weighted by Crippen LogP contribution is -1.96. The molecule has 1 heterocycles. The van der Waals surface area contributed by atoms with Crippen LogP contribution in [0.1, 0.15) is 10.4 Å². The monoisotopic (exact) mass is 338 g/mol. The molecule has 3 rings (SSSR count). The van der Waals surface area contributed by atoms with Gasteiger partial charge in [-0.05, 0) is 18.2 Å². The van der Waals surface area contributed by atoms with E-state index in [1.54, 1.807) is 0 Å². The second-order valence-corrected chi connectivity index (χ2v) is 5.40. The Labute approximate surface area is 133 Å². The fraction of sp³-hybridized carbons (Fsp3) is 0. The van der Waals surface area contributed by atoms with Gasteiger partial charge in [-0.3, -0.25) is 0 Å². The first kappa shape index (κ1) is 14.5. The van der Waals surface area contributed by atoms with Crippen LogP contribution >= 0.6 is 23.2 Å². The fourth-order valence-corrected chi connectivity index (χ4v) is 2.58. The van der Waals surface area contributed by atoms with E-state index >= 15 is 0 Å². The number of nitrogens with one attached hydrogen (secondary N) is 1. The smallest absolute Gasteiger partial charge is 0.339 e. The van der Waals surface area contributed by atoms with Gasteiger partial charge in [0.05, 0.1) is 21.6 Å². The average molecular weight is 339 g/mol. The van der Waals surface area contributed by atoms with E-state index < -0.39 is 11.7 Å². The molecule has 0 saturated carbocycles. The van der Waals surface area contributed by atoms with Crippen molar-refractivity contribution in [2.75, 3.05) is 0 Å². The molecular weight excluding hydrogens is 331 g/mol. The van der Waals surface area contributed by atoms with Crippen LogP contribution in [-0.4, -0.2) is 31.3 Å². The van der Waals surface area contributed by atoms with Crippen LogP contribution in [0.5, 0.6) is 11.5 Å². The van der Waals surface area contributed by atoms with Gasteiger partial charge in [-0.25, -0.2) is 9.78 Å². The van der Waals surface area contributed by atoms with Gasteiger partial charge in [0.1, 0.15) is 22.9 Å². The van der Waals surface area contributed by atoms with Crippen molar-refractivity contribution in [3.63, 3.8) is 0 Å². The summed E-state index contributed by atoms with van der Waals surface area (Å²) in [6, 6.07) is 5.34. The molecule has 0 aliphatic rings. The van der Waals surface area contributed by atoms with Gasteiger partial charge < -0.3 is 20.3 Å². The Hall–Kier alpha value is -2.44. The molecule has 0 fully saturated rings. The van der Waals surface area contributed by atoms with Crippen LogP contribution in [0.15, 0.2) is 24.3 Å². The average Bonchev–Trinajstić information content (AvgIpc) is 2.84. The minimum absolute atomic E-state index is 0.0667. The molecule has 0 aliphatic heterocycles. The van der Waals surface area contributed by atoms with E-state index in [4.69, 9.17) is 28.3 Å². The summed E-state index contributed by atoms with van der Waals surface area (Å²) >= 11 is 11.8. The number of hydrogen-bond acceptors (Lipinski definition) is 4. The van der Waals surface area contributed by atoms with Crippen LogP contribution in [0, 0.1) is 0 Å². The highest BCUT2D eigenvalue weighted by Gasteiger charge is 2.17. The molecule has 0 bridgehead atoms. The summed E-state index contributed by atoms with van der Waals surface area (Å²) in [5.41, 5.74) is 0.745. The number of fused-ring (bicyclic) bond motifs is 1. The summed E-state index contributed by atoms with van der Waals surface area (Å²) in [6.45, 7) is 0. The molecule has 112 valence electrons. The predicted molar refractivity (Wildman–Crippen MR) is 81.8 cm³/mol. The van der Waals surface area contributed by atoms with Crippen molar-refractivity contribution in [3.8, 4) is 22.9 Å². The zero-order valence-corrected chi connectivity index (χ0v) is 12.3. The zero-order valence-electron chi connectivity index (χ0n) is 10.8. The Kier molecular flexibility index (Phi) is 3.35. The van der Waals surface area contributed by atoms with Crippen LogP contribution in [0.2, 0.25) is 10.0 Å². The van der Waals surface area contributed by atoms with Gasteiger partial charge in [-0.2, -0.15) is 0 Å². The van der Waals surface area contributed by atoms with Crippen LogP contribution in [0.3, 0.4) is 0 Å². The maximum atomic E-state index is 11.0. The minimum Gasteiger partial charge on any atom is -0.507 e. The van der Waals surface area contributed by atoms with Crippen LogP contribution in [0.25, 0.3) is 22.4 Å². The molecule has 22 heavy (non-hydrogen) atoms. The number of phenols is 2. The number of hydrogen-bond donors (Lipinski definition) is 4. The molecule has 0 unspecified atom stereocenters. The lowest BCUT2D eigenvalue weighted by Gasteiger charge is -2.04. The number of nitrogens with zero attached hydrogens (tertiary/aromatic N) is 1. The second-order valence-electron chi connectivity index (χ2n) is 4.56. The number of aromatic amines is 1. The van der Waals surface area contributed by atoms with E-state index in [9.17, 15) is 15.0 Å². The number of H-pyrrole nitrogens is 1. The Morgan fingerprint density at radius 2 is 1.86 bits per heavy atom. The largest absolute Gasteiger partial charge is 0.507 e. The number of aromatic carboxylic acids is 1. The first-order valence-electron chi connectivity index (χ1n) is 6.01. The van der Waals surface area contributed by atoms with Crippen molar-refractivity contribution in [1.29, 1.82) is 0 Å². The summed E-state index contributed by atoms with van der Waals surface area (Å²) < 4.78 is 0. The molecular formula is C14H8Cl2N2O4.